The van der Waals surface area contributed by atoms with E-state index < -0.39 is 0 Å². The minimum atomic E-state index is 0.682. The first-order valence-electron chi connectivity index (χ1n) is 9.73. The number of nitrogens with one attached hydrogen (secondary N) is 1. The minimum Gasteiger partial charge on any atom is -0.497 e. The van der Waals surface area contributed by atoms with Crippen LogP contribution in [0.5, 0.6) is 17.2 Å². The van der Waals surface area contributed by atoms with E-state index >= 15 is 0 Å². The Morgan fingerprint density at radius 2 is 1.48 bits per heavy atom. The molecule has 0 spiro atoms. The molecule has 0 aliphatic heterocycles. The lowest BCUT2D eigenvalue weighted by atomic mass is 10.3. The molecule has 152 valence electrons. The van der Waals surface area contributed by atoms with Gasteiger partial charge in [-0.1, -0.05) is 18.2 Å². The maximum atomic E-state index is 5.85. The molecule has 1 N–H and O–H groups in total. The van der Waals surface area contributed by atoms with Crippen molar-refractivity contribution >= 4 is 22.5 Å². The van der Waals surface area contributed by atoms with Gasteiger partial charge >= 0.3 is 0 Å². The fraction of sp³-hybridized carbons (Fsp3) is 0.0417. The summed E-state index contributed by atoms with van der Waals surface area (Å²) in [5.74, 6) is 3.03. The van der Waals surface area contributed by atoms with Gasteiger partial charge in [0.2, 0.25) is 0 Å². The topological polar surface area (TPSA) is 74.1 Å². The van der Waals surface area contributed by atoms with E-state index in [0.29, 0.717) is 11.5 Å². The third-order valence-corrected chi connectivity index (χ3v) is 4.78. The first kappa shape index (κ1) is 18.6. The average Bonchev–Trinajstić information content (AvgIpc) is 3.26. The summed E-state index contributed by atoms with van der Waals surface area (Å²) in [5, 5.41) is 8.66. The summed E-state index contributed by atoms with van der Waals surface area (Å²) in [5.41, 5.74) is 2.49. The molecule has 5 rings (SSSR count). The summed E-state index contributed by atoms with van der Waals surface area (Å²) in [6.07, 6.45) is 3.29. The quantitative estimate of drug-likeness (QED) is 0.407. The summed E-state index contributed by atoms with van der Waals surface area (Å²) in [6, 6.07) is 25.1. The highest BCUT2D eigenvalue weighted by molar-refractivity contribution is 5.89. The van der Waals surface area contributed by atoms with E-state index in [1.54, 1.807) is 18.0 Å². The van der Waals surface area contributed by atoms with Crippen LogP contribution in [0.4, 0.5) is 11.5 Å². The molecule has 0 fully saturated rings. The van der Waals surface area contributed by atoms with Crippen LogP contribution in [0.25, 0.3) is 16.7 Å². The van der Waals surface area contributed by atoms with Crippen molar-refractivity contribution in [3.63, 3.8) is 0 Å². The van der Waals surface area contributed by atoms with Gasteiger partial charge in [0.15, 0.2) is 5.65 Å². The van der Waals surface area contributed by atoms with Crippen molar-refractivity contribution in [1.29, 1.82) is 0 Å². The summed E-state index contributed by atoms with van der Waals surface area (Å²) in [7, 11) is 1.64. The Labute approximate surface area is 178 Å². The fourth-order valence-corrected chi connectivity index (χ4v) is 3.22. The summed E-state index contributed by atoms with van der Waals surface area (Å²) >= 11 is 0. The monoisotopic (exact) mass is 409 g/mol. The van der Waals surface area contributed by atoms with Gasteiger partial charge in [-0.05, 0) is 60.7 Å². The second-order valence-corrected chi connectivity index (χ2v) is 6.78. The predicted molar refractivity (Wildman–Crippen MR) is 119 cm³/mol. The first-order valence-corrected chi connectivity index (χ1v) is 9.73. The molecule has 0 radical (unpaired) electrons. The van der Waals surface area contributed by atoms with Crippen LogP contribution in [0.1, 0.15) is 0 Å². The number of fused-ring (bicyclic) bond motifs is 1. The number of ether oxygens (including phenoxy) is 2. The minimum absolute atomic E-state index is 0.682. The lowest BCUT2D eigenvalue weighted by Gasteiger charge is -2.09. The van der Waals surface area contributed by atoms with Crippen LogP contribution in [0.15, 0.2) is 91.4 Å². The van der Waals surface area contributed by atoms with Crippen molar-refractivity contribution < 1.29 is 9.47 Å². The SMILES string of the molecule is COc1ccc(-n2ncc3c(Nc4ccc(Oc5ccccc5)cc4)ncnc32)cc1. The highest BCUT2D eigenvalue weighted by Gasteiger charge is 2.11. The van der Waals surface area contributed by atoms with Gasteiger partial charge in [0.25, 0.3) is 0 Å². The Bertz CT molecular complexity index is 1300. The van der Waals surface area contributed by atoms with Crippen molar-refractivity contribution in [1.82, 2.24) is 19.7 Å². The van der Waals surface area contributed by atoms with Gasteiger partial charge in [0, 0.05) is 5.69 Å². The number of para-hydroxylation sites is 1. The highest BCUT2D eigenvalue weighted by atomic mass is 16.5. The zero-order chi connectivity index (χ0) is 21.0. The van der Waals surface area contributed by atoms with Crippen LogP contribution >= 0.6 is 0 Å². The van der Waals surface area contributed by atoms with Crippen LogP contribution in [-0.2, 0) is 0 Å². The van der Waals surface area contributed by atoms with Gasteiger partial charge in [-0.25, -0.2) is 14.6 Å². The van der Waals surface area contributed by atoms with Crippen LogP contribution < -0.4 is 14.8 Å². The number of aromatic nitrogens is 4. The number of anilines is 2. The smallest absolute Gasteiger partial charge is 0.168 e. The number of hydrogen-bond acceptors (Lipinski definition) is 6. The van der Waals surface area contributed by atoms with E-state index in [4.69, 9.17) is 9.47 Å². The van der Waals surface area contributed by atoms with E-state index in [1.165, 1.54) is 6.33 Å². The second-order valence-electron chi connectivity index (χ2n) is 6.78. The molecule has 0 saturated heterocycles. The van der Waals surface area contributed by atoms with Crippen molar-refractivity contribution in [2.75, 3.05) is 12.4 Å². The van der Waals surface area contributed by atoms with E-state index in [1.807, 2.05) is 78.9 Å². The maximum Gasteiger partial charge on any atom is 0.168 e. The Hall–Kier alpha value is -4.39. The average molecular weight is 409 g/mol. The largest absolute Gasteiger partial charge is 0.497 e. The molecule has 0 unspecified atom stereocenters. The zero-order valence-electron chi connectivity index (χ0n) is 16.8. The number of benzene rings is 3. The predicted octanol–water partition coefficient (Wildman–Crippen LogP) is 5.36. The summed E-state index contributed by atoms with van der Waals surface area (Å²) < 4.78 is 12.9. The van der Waals surface area contributed by atoms with Gasteiger partial charge in [0.05, 0.1) is 24.4 Å². The molecule has 2 aromatic heterocycles. The van der Waals surface area contributed by atoms with Crippen molar-refractivity contribution in [2.45, 2.75) is 0 Å². The molecule has 0 aliphatic carbocycles. The maximum absolute atomic E-state index is 5.85. The molecule has 31 heavy (non-hydrogen) atoms. The summed E-state index contributed by atoms with van der Waals surface area (Å²) in [4.78, 5) is 8.82. The molecule has 7 nitrogen and oxygen atoms in total. The Morgan fingerprint density at radius 1 is 0.774 bits per heavy atom. The molecule has 0 aliphatic rings. The van der Waals surface area contributed by atoms with Crippen LogP contribution in [-0.4, -0.2) is 26.9 Å². The normalized spacial score (nSPS) is 10.7. The van der Waals surface area contributed by atoms with Crippen LogP contribution in [0.3, 0.4) is 0 Å². The van der Waals surface area contributed by atoms with E-state index in [0.717, 1.165) is 34.0 Å². The fourth-order valence-electron chi connectivity index (χ4n) is 3.22. The van der Waals surface area contributed by atoms with Crippen molar-refractivity contribution in [3.05, 3.63) is 91.4 Å². The van der Waals surface area contributed by atoms with Crippen molar-refractivity contribution in [3.8, 4) is 22.9 Å². The van der Waals surface area contributed by atoms with Crippen molar-refractivity contribution in [2.24, 2.45) is 0 Å². The molecule has 0 bridgehead atoms. The molecule has 5 aromatic rings. The van der Waals surface area contributed by atoms with Gasteiger partial charge < -0.3 is 14.8 Å². The zero-order valence-corrected chi connectivity index (χ0v) is 16.8. The standard InChI is InChI=1S/C24H19N5O2/c1-30-19-13-9-18(10-14-19)29-24-22(15-27-29)23(25-16-26-24)28-17-7-11-21(12-8-17)31-20-5-3-2-4-6-20/h2-16H,1H3,(H,25,26,28). The molecular formula is C24H19N5O2. The second kappa shape index (κ2) is 8.16. The summed E-state index contributed by atoms with van der Waals surface area (Å²) in [6.45, 7) is 0. The Balaban J connectivity index is 1.38. The third-order valence-electron chi connectivity index (χ3n) is 4.78. The van der Waals surface area contributed by atoms with Gasteiger partial charge in [-0.2, -0.15) is 5.10 Å². The number of hydrogen-bond donors (Lipinski definition) is 1. The van der Waals surface area contributed by atoms with Crippen LogP contribution in [0, 0.1) is 0 Å². The molecule has 0 saturated carbocycles. The van der Waals surface area contributed by atoms with E-state index in [9.17, 15) is 0 Å². The molecular weight excluding hydrogens is 390 g/mol. The van der Waals surface area contributed by atoms with Gasteiger partial charge in [-0.15, -0.1) is 0 Å². The molecule has 7 heteroatoms. The Morgan fingerprint density at radius 3 is 2.23 bits per heavy atom. The lowest BCUT2D eigenvalue weighted by Crippen LogP contribution is -1.99. The Kier molecular flexibility index (Phi) is 4.90. The molecule has 0 atom stereocenters. The van der Waals surface area contributed by atoms with E-state index in [-0.39, 0.29) is 0 Å². The molecule has 2 heterocycles. The number of rotatable bonds is 6. The first-order chi connectivity index (χ1) is 15.3. The molecule has 3 aromatic carbocycles. The van der Waals surface area contributed by atoms with Crippen LogP contribution in [0.2, 0.25) is 0 Å². The third kappa shape index (κ3) is 3.89. The van der Waals surface area contributed by atoms with Gasteiger partial charge in [-0.3, -0.25) is 0 Å². The lowest BCUT2D eigenvalue weighted by molar-refractivity contribution is 0.414. The van der Waals surface area contributed by atoms with Gasteiger partial charge in [0.1, 0.15) is 29.4 Å². The molecule has 0 amide bonds. The highest BCUT2D eigenvalue weighted by Crippen LogP contribution is 2.27. The van der Waals surface area contributed by atoms with E-state index in [2.05, 4.69) is 20.4 Å². The number of nitrogens with zero attached hydrogens (tertiary/aromatic N) is 4. The number of methoxy groups -OCH3 is 1.